The number of nitrogens with one attached hydrogen (secondary N) is 1. The molecule has 0 spiro atoms. The molecule has 1 N–H and O–H groups in total. The molecule has 0 radical (unpaired) electrons. The maximum Gasteiger partial charge on any atom is 0.424 e. The van der Waals surface area contributed by atoms with Gasteiger partial charge in [0.15, 0.2) is 23.2 Å². The van der Waals surface area contributed by atoms with Crippen molar-refractivity contribution >= 4 is 81.7 Å². The van der Waals surface area contributed by atoms with Crippen molar-refractivity contribution < 1.29 is 46.2 Å². The second-order valence-electron chi connectivity index (χ2n) is 13.4. The van der Waals surface area contributed by atoms with E-state index in [4.69, 9.17) is 55.9 Å². The zero-order valence-electron chi connectivity index (χ0n) is 27.3. The summed E-state index contributed by atoms with van der Waals surface area (Å²) in [7, 11) is 0. The van der Waals surface area contributed by atoms with Crippen molar-refractivity contribution in [2.75, 3.05) is 10.2 Å². The van der Waals surface area contributed by atoms with Crippen molar-refractivity contribution in [2.24, 2.45) is 5.92 Å². The minimum atomic E-state index is -1.61. The number of rotatable bonds is 7. The summed E-state index contributed by atoms with van der Waals surface area (Å²) in [6, 6.07) is 7.25. The third kappa shape index (κ3) is 8.65. The molecule has 1 aliphatic carbocycles. The summed E-state index contributed by atoms with van der Waals surface area (Å²) in [4.78, 5) is 52.7. The van der Waals surface area contributed by atoms with Crippen LogP contribution in [0.5, 0.6) is 0 Å². The van der Waals surface area contributed by atoms with Gasteiger partial charge in [-0.05, 0) is 83.0 Å². The van der Waals surface area contributed by atoms with Crippen molar-refractivity contribution in [3.63, 3.8) is 0 Å². The minimum absolute atomic E-state index is 0.0293. The van der Waals surface area contributed by atoms with E-state index >= 15 is 13.2 Å². The minimum Gasteiger partial charge on any atom is -0.443 e. The van der Waals surface area contributed by atoms with Crippen LogP contribution in [0.15, 0.2) is 42.5 Å². The van der Waals surface area contributed by atoms with Gasteiger partial charge in [-0.3, -0.25) is 9.59 Å². The van der Waals surface area contributed by atoms with E-state index in [1.807, 2.05) is 0 Å². The molecule has 1 fully saturated rings. The Morgan fingerprint density at radius 1 is 0.800 bits per heavy atom. The van der Waals surface area contributed by atoms with E-state index < -0.39 is 103 Å². The van der Waals surface area contributed by atoms with E-state index in [2.05, 4.69) is 5.32 Å². The summed E-state index contributed by atoms with van der Waals surface area (Å²) in [5, 5.41) is 1.67. The van der Waals surface area contributed by atoms with E-state index in [1.54, 1.807) is 0 Å². The third-order valence-electron chi connectivity index (χ3n) is 7.11. The van der Waals surface area contributed by atoms with Gasteiger partial charge in [0.2, 0.25) is 5.91 Å². The van der Waals surface area contributed by atoms with Gasteiger partial charge < -0.3 is 14.8 Å². The average Bonchev–Trinajstić information content (AvgIpc) is 3.55. The Balaban J connectivity index is 1.63. The number of nitrogens with zero attached hydrogens (tertiary/aromatic N) is 1. The molecule has 3 aromatic carbocycles. The van der Waals surface area contributed by atoms with E-state index in [0.29, 0.717) is 11.6 Å². The second kappa shape index (κ2) is 14.2. The number of amides is 3. The SMILES string of the molecule is CC(C)(C)OC(=O)N(C(=O)OC(C)(C)C)c1c(F)ccc(CC(=O)c2cc(NC(=O)C3C(c4ccc(F)c(Cl)c4)C3(Cl)Cl)cc(Cl)c2F)c1F. The molecule has 0 aliphatic heterocycles. The maximum atomic E-state index is 16.0. The van der Waals surface area contributed by atoms with Crippen LogP contribution in [-0.4, -0.2) is 39.4 Å². The molecule has 0 bridgehead atoms. The Morgan fingerprint density at radius 3 is 1.90 bits per heavy atom. The molecule has 3 aromatic rings. The second-order valence-corrected chi connectivity index (χ2v) is 15.6. The molecule has 0 heterocycles. The first-order valence-electron chi connectivity index (χ1n) is 14.8. The Bertz CT molecular complexity index is 1870. The first kappa shape index (κ1) is 39.2. The lowest BCUT2D eigenvalue weighted by Gasteiger charge is -2.29. The van der Waals surface area contributed by atoms with Crippen LogP contribution in [0.4, 0.5) is 38.5 Å². The quantitative estimate of drug-likeness (QED) is 0.146. The Labute approximate surface area is 304 Å². The number of halogens is 8. The van der Waals surface area contributed by atoms with Crippen molar-refractivity contribution in [2.45, 2.75) is 69.4 Å². The highest BCUT2D eigenvalue weighted by Crippen LogP contribution is 2.65. The topological polar surface area (TPSA) is 102 Å². The lowest BCUT2D eigenvalue weighted by atomic mass is 10.0. The highest BCUT2D eigenvalue weighted by molar-refractivity contribution is 6.53. The molecule has 268 valence electrons. The number of Topliss-reactive ketones (excluding diaryl/α,β-unsaturated/α-hetero) is 1. The molecule has 1 saturated carbocycles. The highest BCUT2D eigenvalue weighted by Gasteiger charge is 2.67. The van der Waals surface area contributed by atoms with Gasteiger partial charge in [-0.15, -0.1) is 23.2 Å². The lowest BCUT2D eigenvalue weighted by Crippen LogP contribution is -2.44. The smallest absolute Gasteiger partial charge is 0.424 e. The van der Waals surface area contributed by atoms with Crippen LogP contribution in [0.2, 0.25) is 10.0 Å². The molecule has 1 aliphatic rings. The zero-order chi connectivity index (χ0) is 37.7. The van der Waals surface area contributed by atoms with Gasteiger partial charge in [0.25, 0.3) is 0 Å². The summed E-state index contributed by atoms with van der Waals surface area (Å²) >= 11 is 24.6. The van der Waals surface area contributed by atoms with Crippen LogP contribution >= 0.6 is 46.4 Å². The predicted octanol–water partition coefficient (Wildman–Crippen LogP) is 10.2. The first-order chi connectivity index (χ1) is 22.9. The fourth-order valence-electron chi connectivity index (χ4n) is 4.92. The molecule has 8 nitrogen and oxygen atoms in total. The number of imide groups is 1. The monoisotopic (exact) mass is 778 g/mol. The van der Waals surface area contributed by atoms with Gasteiger partial charge in [0, 0.05) is 18.0 Å². The van der Waals surface area contributed by atoms with E-state index in [-0.39, 0.29) is 15.6 Å². The van der Waals surface area contributed by atoms with E-state index in [9.17, 15) is 23.6 Å². The molecule has 16 heteroatoms. The number of ether oxygens (including phenoxy) is 2. The molecular formula is C34H30Cl4F4N2O6. The number of carbonyl (C=O) groups excluding carboxylic acids is 4. The maximum absolute atomic E-state index is 16.0. The standard InChI is InChI=1S/C34H30Cl4F4N2O6/c1-32(2,3)49-30(47)44(31(48)50-33(4,5)6)28-22(40)10-8-16(26(28)41)12-23(45)18-13-17(14-20(36)27(18)42)43-29(46)25-24(34(25,37)38)15-7-9-21(39)19(35)11-15/h7-11,13-14,24-25H,12H2,1-6H3,(H,43,46). The van der Waals surface area contributed by atoms with Gasteiger partial charge in [-0.2, -0.15) is 4.90 Å². The highest BCUT2D eigenvalue weighted by atomic mass is 35.5. The molecule has 0 aromatic heterocycles. The van der Waals surface area contributed by atoms with Gasteiger partial charge in [0.1, 0.15) is 27.0 Å². The number of carbonyl (C=O) groups is 4. The number of hydrogen-bond donors (Lipinski definition) is 1. The number of hydrogen-bond acceptors (Lipinski definition) is 6. The largest absolute Gasteiger partial charge is 0.443 e. The van der Waals surface area contributed by atoms with Crippen molar-refractivity contribution in [1.82, 2.24) is 0 Å². The Hall–Kier alpha value is -3.58. The predicted molar refractivity (Wildman–Crippen MR) is 181 cm³/mol. The summed E-state index contributed by atoms with van der Waals surface area (Å²) in [6.45, 7) is 8.76. The van der Waals surface area contributed by atoms with Crippen molar-refractivity contribution in [1.29, 1.82) is 0 Å². The van der Waals surface area contributed by atoms with Gasteiger partial charge in [0.05, 0.1) is 21.5 Å². The number of ketones is 1. The van der Waals surface area contributed by atoms with Crippen LogP contribution in [0, 0.1) is 29.2 Å². The van der Waals surface area contributed by atoms with Crippen LogP contribution in [-0.2, 0) is 20.7 Å². The molecular weight excluding hydrogens is 750 g/mol. The van der Waals surface area contributed by atoms with Crippen molar-refractivity contribution in [3.8, 4) is 0 Å². The fourth-order valence-corrected chi connectivity index (χ4v) is 6.16. The summed E-state index contributed by atoms with van der Waals surface area (Å²) in [5.74, 6) is -8.47. The van der Waals surface area contributed by atoms with Crippen molar-refractivity contribution in [3.05, 3.63) is 92.5 Å². The molecule has 2 atom stereocenters. The van der Waals surface area contributed by atoms with Gasteiger partial charge in [-0.1, -0.05) is 35.3 Å². The van der Waals surface area contributed by atoms with Crippen LogP contribution < -0.4 is 10.2 Å². The molecule has 2 unspecified atom stereocenters. The molecule has 4 rings (SSSR count). The molecule has 0 saturated heterocycles. The molecule has 3 amide bonds. The number of benzene rings is 3. The van der Waals surface area contributed by atoms with Crippen LogP contribution in [0.1, 0.15) is 68.9 Å². The van der Waals surface area contributed by atoms with E-state index in [1.165, 1.54) is 53.7 Å². The van der Waals surface area contributed by atoms with Crippen LogP contribution in [0.25, 0.3) is 0 Å². The summed E-state index contributed by atoms with van der Waals surface area (Å²) in [6.07, 6.45) is -3.84. The normalized spacial score (nSPS) is 16.8. The van der Waals surface area contributed by atoms with Crippen LogP contribution in [0.3, 0.4) is 0 Å². The number of anilines is 2. The third-order valence-corrected chi connectivity index (χ3v) is 8.61. The average molecular weight is 780 g/mol. The lowest BCUT2D eigenvalue weighted by molar-refractivity contribution is -0.117. The van der Waals surface area contributed by atoms with Gasteiger partial charge >= 0.3 is 12.2 Å². The van der Waals surface area contributed by atoms with Gasteiger partial charge in [-0.25, -0.2) is 27.2 Å². The first-order valence-corrected chi connectivity index (χ1v) is 16.3. The number of alkyl halides is 2. The molecule has 50 heavy (non-hydrogen) atoms. The summed E-state index contributed by atoms with van der Waals surface area (Å²) < 4.78 is 68.8. The Kier molecular flexibility index (Phi) is 11.1. The Morgan fingerprint density at radius 2 is 1.36 bits per heavy atom. The zero-order valence-corrected chi connectivity index (χ0v) is 30.3. The van der Waals surface area contributed by atoms with E-state index in [0.717, 1.165) is 24.3 Å². The summed E-state index contributed by atoms with van der Waals surface area (Å²) in [5.41, 5.74) is -4.58. The fraction of sp³-hybridized carbons (Fsp3) is 0.353.